The Morgan fingerprint density at radius 2 is 1.96 bits per heavy atom. The topological polar surface area (TPSA) is 94.1 Å². The summed E-state index contributed by atoms with van der Waals surface area (Å²) >= 11 is 0. The lowest BCUT2D eigenvalue weighted by atomic mass is 10.1. The van der Waals surface area contributed by atoms with Gasteiger partial charge in [0.1, 0.15) is 16.4 Å². The largest absolute Gasteiger partial charge is 0.360 e. The van der Waals surface area contributed by atoms with Gasteiger partial charge in [0.25, 0.3) is 0 Å². The molecule has 28 heavy (non-hydrogen) atoms. The van der Waals surface area contributed by atoms with Crippen molar-refractivity contribution in [3.05, 3.63) is 47.9 Å². The van der Waals surface area contributed by atoms with E-state index in [0.717, 1.165) is 30.0 Å². The average molecular weight is 401 g/mol. The van der Waals surface area contributed by atoms with Crippen molar-refractivity contribution in [3.63, 3.8) is 0 Å². The number of rotatable bonds is 5. The van der Waals surface area contributed by atoms with E-state index < -0.39 is 10.0 Å². The van der Waals surface area contributed by atoms with Crippen molar-refractivity contribution in [1.82, 2.24) is 24.0 Å². The highest BCUT2D eigenvalue weighted by Gasteiger charge is 2.36. The fourth-order valence-corrected chi connectivity index (χ4v) is 5.64. The minimum Gasteiger partial charge on any atom is -0.360 e. The third-order valence-electron chi connectivity index (χ3n) is 5.25. The lowest BCUT2D eigenvalue weighted by molar-refractivity contribution is 0.389. The molecule has 9 heteroatoms. The molecule has 0 saturated carbocycles. The van der Waals surface area contributed by atoms with E-state index in [1.165, 1.54) is 0 Å². The Kier molecular flexibility index (Phi) is 4.80. The lowest BCUT2D eigenvalue weighted by Gasteiger charge is -2.18. The summed E-state index contributed by atoms with van der Waals surface area (Å²) in [6, 6.07) is 3.86. The Bertz CT molecular complexity index is 1070. The lowest BCUT2D eigenvalue weighted by Crippen LogP contribution is -2.30. The summed E-state index contributed by atoms with van der Waals surface area (Å²) in [5, 5.41) is 3.79. The SMILES string of the molecule is Cc1noc(C)c1S(=O)(=O)N1CCC(Cn2c(C)cnc2-c2ccncc2)C1. The van der Waals surface area contributed by atoms with Crippen LogP contribution in [0.15, 0.2) is 40.1 Å². The van der Waals surface area contributed by atoms with Gasteiger partial charge in [0.05, 0.1) is 0 Å². The van der Waals surface area contributed by atoms with Gasteiger partial charge in [-0.2, -0.15) is 4.31 Å². The van der Waals surface area contributed by atoms with Crippen molar-refractivity contribution in [2.75, 3.05) is 13.1 Å². The molecule has 0 spiro atoms. The number of nitrogens with zero attached hydrogens (tertiary/aromatic N) is 5. The van der Waals surface area contributed by atoms with E-state index in [1.54, 1.807) is 30.5 Å². The van der Waals surface area contributed by atoms with Gasteiger partial charge in [-0.25, -0.2) is 13.4 Å². The van der Waals surface area contributed by atoms with E-state index in [9.17, 15) is 8.42 Å². The minimum atomic E-state index is -3.60. The predicted octanol–water partition coefficient (Wildman–Crippen LogP) is 2.57. The van der Waals surface area contributed by atoms with Crippen molar-refractivity contribution in [3.8, 4) is 11.4 Å². The molecule has 0 aromatic carbocycles. The van der Waals surface area contributed by atoms with Crippen molar-refractivity contribution < 1.29 is 12.9 Å². The Labute approximate surface area is 164 Å². The summed E-state index contributed by atoms with van der Waals surface area (Å²) in [6.07, 6.45) is 6.15. The number of imidazole rings is 1. The number of pyridine rings is 1. The monoisotopic (exact) mass is 401 g/mol. The smallest absolute Gasteiger partial charge is 0.248 e. The summed E-state index contributed by atoms with van der Waals surface area (Å²) in [4.78, 5) is 8.80. The number of aryl methyl sites for hydroxylation is 3. The van der Waals surface area contributed by atoms with Crippen LogP contribution in [0.2, 0.25) is 0 Å². The first-order valence-electron chi connectivity index (χ1n) is 9.23. The van der Waals surface area contributed by atoms with Gasteiger partial charge in [-0.3, -0.25) is 4.98 Å². The highest BCUT2D eigenvalue weighted by molar-refractivity contribution is 7.89. The molecule has 1 saturated heterocycles. The summed E-state index contributed by atoms with van der Waals surface area (Å²) in [5.74, 6) is 1.43. The van der Waals surface area contributed by atoms with Crippen molar-refractivity contribution >= 4 is 10.0 Å². The molecule has 0 bridgehead atoms. The maximum absolute atomic E-state index is 13.0. The molecule has 4 rings (SSSR count). The molecule has 148 valence electrons. The second-order valence-corrected chi connectivity index (χ2v) is 9.12. The first-order valence-corrected chi connectivity index (χ1v) is 10.7. The second-order valence-electron chi connectivity index (χ2n) is 7.24. The van der Waals surface area contributed by atoms with Gasteiger partial charge in [-0.15, -0.1) is 0 Å². The number of hydrogen-bond acceptors (Lipinski definition) is 6. The van der Waals surface area contributed by atoms with Crippen molar-refractivity contribution in [2.24, 2.45) is 5.92 Å². The van der Waals surface area contributed by atoms with Gasteiger partial charge >= 0.3 is 0 Å². The highest BCUT2D eigenvalue weighted by Crippen LogP contribution is 2.30. The molecule has 1 unspecified atom stereocenters. The van der Waals surface area contributed by atoms with E-state index in [0.29, 0.717) is 24.5 Å². The molecule has 8 nitrogen and oxygen atoms in total. The van der Waals surface area contributed by atoms with Crippen LogP contribution in [0.3, 0.4) is 0 Å². The van der Waals surface area contributed by atoms with Crippen LogP contribution in [0.4, 0.5) is 0 Å². The van der Waals surface area contributed by atoms with Gasteiger partial charge in [0, 0.05) is 49.5 Å². The van der Waals surface area contributed by atoms with Crippen LogP contribution in [0, 0.1) is 26.7 Å². The van der Waals surface area contributed by atoms with Crippen LogP contribution in [0.25, 0.3) is 11.4 Å². The van der Waals surface area contributed by atoms with Crippen LogP contribution in [-0.2, 0) is 16.6 Å². The summed E-state index contributed by atoms with van der Waals surface area (Å²) in [7, 11) is -3.60. The van der Waals surface area contributed by atoms with Gasteiger partial charge in [0.15, 0.2) is 5.76 Å². The van der Waals surface area contributed by atoms with Crippen LogP contribution in [0.1, 0.15) is 23.6 Å². The van der Waals surface area contributed by atoms with Crippen LogP contribution >= 0.6 is 0 Å². The van der Waals surface area contributed by atoms with Crippen molar-refractivity contribution in [2.45, 2.75) is 38.6 Å². The van der Waals surface area contributed by atoms with E-state index >= 15 is 0 Å². The second kappa shape index (κ2) is 7.14. The first-order chi connectivity index (χ1) is 13.4. The molecule has 3 aromatic heterocycles. The molecular weight excluding hydrogens is 378 g/mol. The molecule has 1 atom stereocenters. The summed E-state index contributed by atoms with van der Waals surface area (Å²) < 4.78 is 34.8. The molecule has 0 radical (unpaired) electrons. The molecule has 1 aliphatic heterocycles. The molecule has 0 amide bonds. The van der Waals surface area contributed by atoms with Gasteiger partial charge < -0.3 is 9.09 Å². The molecule has 1 aliphatic rings. The van der Waals surface area contributed by atoms with E-state index in [4.69, 9.17) is 4.52 Å². The molecule has 0 N–H and O–H groups in total. The number of sulfonamides is 1. The third-order valence-corrected chi connectivity index (χ3v) is 7.36. The molecule has 3 aromatic rings. The zero-order valence-electron chi connectivity index (χ0n) is 16.2. The Morgan fingerprint density at radius 1 is 1.21 bits per heavy atom. The summed E-state index contributed by atoms with van der Waals surface area (Å²) in [6.45, 7) is 7.00. The standard InChI is InChI=1S/C19H23N5O3S/c1-13-10-21-19(17-4-7-20-8-5-17)24(13)12-16-6-9-23(11-16)28(25,26)18-14(2)22-27-15(18)3/h4-5,7-8,10,16H,6,9,11-12H2,1-3H3. The van der Waals surface area contributed by atoms with Gasteiger partial charge in [-0.1, -0.05) is 5.16 Å². The van der Waals surface area contributed by atoms with Crippen LogP contribution in [-0.4, -0.2) is 45.5 Å². The zero-order valence-corrected chi connectivity index (χ0v) is 17.0. The van der Waals surface area contributed by atoms with E-state index in [2.05, 4.69) is 19.7 Å². The van der Waals surface area contributed by atoms with Crippen molar-refractivity contribution in [1.29, 1.82) is 0 Å². The fraction of sp³-hybridized carbons (Fsp3) is 0.421. The molecule has 4 heterocycles. The maximum atomic E-state index is 13.0. The molecule has 0 aliphatic carbocycles. The predicted molar refractivity (Wildman–Crippen MR) is 103 cm³/mol. The quantitative estimate of drug-likeness (QED) is 0.652. The van der Waals surface area contributed by atoms with Gasteiger partial charge in [0.2, 0.25) is 10.0 Å². The Balaban J connectivity index is 1.55. The zero-order chi connectivity index (χ0) is 19.9. The first kappa shape index (κ1) is 18.8. The normalized spacial score (nSPS) is 18.0. The van der Waals surface area contributed by atoms with E-state index in [-0.39, 0.29) is 10.8 Å². The maximum Gasteiger partial charge on any atom is 0.248 e. The minimum absolute atomic E-state index is 0.199. The van der Waals surface area contributed by atoms with Gasteiger partial charge in [-0.05, 0) is 45.2 Å². The summed E-state index contributed by atoms with van der Waals surface area (Å²) in [5.41, 5.74) is 2.46. The fourth-order valence-electron chi connectivity index (χ4n) is 3.82. The average Bonchev–Trinajstić information content (AvgIpc) is 3.37. The van der Waals surface area contributed by atoms with E-state index in [1.807, 2.05) is 25.3 Å². The van der Waals surface area contributed by atoms with Crippen LogP contribution < -0.4 is 0 Å². The Hall–Kier alpha value is -2.52. The molecular formula is C19H23N5O3S. The molecule has 1 fully saturated rings. The number of aromatic nitrogens is 4. The number of hydrogen-bond donors (Lipinski definition) is 0. The third kappa shape index (κ3) is 3.24. The Morgan fingerprint density at radius 3 is 2.64 bits per heavy atom. The highest BCUT2D eigenvalue weighted by atomic mass is 32.2. The van der Waals surface area contributed by atoms with Crippen LogP contribution in [0.5, 0.6) is 0 Å².